The van der Waals surface area contributed by atoms with Crippen LogP contribution in [0.4, 0.5) is 4.39 Å². The van der Waals surface area contributed by atoms with Gasteiger partial charge in [0.05, 0.1) is 5.69 Å². The predicted molar refractivity (Wildman–Crippen MR) is 75.8 cm³/mol. The van der Waals surface area contributed by atoms with Crippen molar-refractivity contribution in [3.63, 3.8) is 0 Å². The summed E-state index contributed by atoms with van der Waals surface area (Å²) in [7, 11) is 0. The molecule has 0 saturated heterocycles. The number of phenolic OH excluding ortho intramolecular Hbond substituents is 1. The summed E-state index contributed by atoms with van der Waals surface area (Å²) in [4.78, 5) is 7.74. The molecule has 1 aromatic heterocycles. The number of benzene rings is 2. The fourth-order valence-electron chi connectivity index (χ4n) is 2.13. The molecule has 100 valence electrons. The van der Waals surface area contributed by atoms with Crippen LogP contribution in [-0.2, 0) is 0 Å². The van der Waals surface area contributed by atoms with Crippen LogP contribution in [0.3, 0.4) is 0 Å². The summed E-state index contributed by atoms with van der Waals surface area (Å²) in [6.45, 7) is 1.90. The van der Waals surface area contributed by atoms with Gasteiger partial charge in [0.15, 0.2) is 11.6 Å². The first-order valence-corrected chi connectivity index (χ1v) is 6.26. The van der Waals surface area contributed by atoms with Crippen molar-refractivity contribution in [2.24, 2.45) is 0 Å². The average Bonchev–Trinajstić information content (AvgIpc) is 2.85. The lowest BCUT2D eigenvalue weighted by Gasteiger charge is -2.00. The van der Waals surface area contributed by atoms with Crippen LogP contribution in [0.5, 0.6) is 5.75 Å². The Kier molecular flexibility index (Phi) is 2.99. The maximum Gasteiger partial charge on any atom is 0.164 e. The predicted octanol–water partition coefficient (Wildman–Crippen LogP) is 3.90. The number of aryl methyl sites for hydroxylation is 1. The largest absolute Gasteiger partial charge is 0.505 e. The molecule has 0 radical (unpaired) electrons. The Bertz CT molecular complexity index is 750. The number of aromatic hydroxyl groups is 1. The van der Waals surface area contributed by atoms with Crippen molar-refractivity contribution in [1.29, 1.82) is 0 Å². The third kappa shape index (κ3) is 2.16. The molecule has 4 heteroatoms. The number of aromatic nitrogens is 2. The van der Waals surface area contributed by atoms with Gasteiger partial charge in [-0.3, -0.25) is 0 Å². The van der Waals surface area contributed by atoms with Gasteiger partial charge in [0.2, 0.25) is 0 Å². The number of H-pyrrole nitrogens is 1. The second-order valence-corrected chi connectivity index (χ2v) is 4.59. The molecule has 0 unspecified atom stereocenters. The molecule has 0 aliphatic rings. The Morgan fingerprint density at radius 2 is 1.80 bits per heavy atom. The number of rotatable bonds is 2. The van der Waals surface area contributed by atoms with E-state index in [2.05, 4.69) is 9.97 Å². The number of halogens is 1. The van der Waals surface area contributed by atoms with Gasteiger partial charge in [0.1, 0.15) is 5.82 Å². The Hall–Kier alpha value is -2.62. The van der Waals surface area contributed by atoms with E-state index in [4.69, 9.17) is 0 Å². The SMILES string of the molecule is Cc1[nH]c(-c2ccccc2)nc1-c1ccc(F)c(O)c1. The summed E-state index contributed by atoms with van der Waals surface area (Å²) in [6, 6.07) is 14.0. The number of imidazole rings is 1. The Labute approximate surface area is 115 Å². The van der Waals surface area contributed by atoms with Gasteiger partial charge in [-0.25, -0.2) is 9.37 Å². The third-order valence-corrected chi connectivity index (χ3v) is 3.15. The van der Waals surface area contributed by atoms with Crippen LogP contribution in [0, 0.1) is 12.7 Å². The molecular weight excluding hydrogens is 255 g/mol. The summed E-state index contributed by atoms with van der Waals surface area (Å²) >= 11 is 0. The normalized spacial score (nSPS) is 10.7. The van der Waals surface area contributed by atoms with Crippen LogP contribution in [0.2, 0.25) is 0 Å². The highest BCUT2D eigenvalue weighted by molar-refractivity contribution is 5.68. The number of nitrogens with one attached hydrogen (secondary N) is 1. The molecule has 0 saturated carbocycles. The molecule has 0 aliphatic carbocycles. The summed E-state index contributed by atoms with van der Waals surface area (Å²) in [6.07, 6.45) is 0. The van der Waals surface area contributed by atoms with Crippen molar-refractivity contribution in [2.75, 3.05) is 0 Å². The van der Waals surface area contributed by atoms with Gasteiger partial charge >= 0.3 is 0 Å². The molecule has 2 aromatic carbocycles. The lowest BCUT2D eigenvalue weighted by Crippen LogP contribution is -1.83. The van der Waals surface area contributed by atoms with Crippen LogP contribution in [0.1, 0.15) is 5.69 Å². The summed E-state index contributed by atoms with van der Waals surface area (Å²) in [5.41, 5.74) is 3.24. The fraction of sp³-hybridized carbons (Fsp3) is 0.0625. The molecule has 0 aliphatic heterocycles. The van der Waals surface area contributed by atoms with Gasteiger partial charge in [-0.15, -0.1) is 0 Å². The van der Waals surface area contributed by atoms with E-state index in [1.807, 2.05) is 37.3 Å². The number of aromatic amines is 1. The minimum absolute atomic E-state index is 0.369. The van der Waals surface area contributed by atoms with E-state index in [-0.39, 0.29) is 5.75 Å². The first-order chi connectivity index (χ1) is 9.65. The molecule has 0 fully saturated rings. The molecule has 1 heterocycles. The average molecular weight is 268 g/mol. The van der Waals surface area contributed by atoms with Crippen molar-refractivity contribution in [2.45, 2.75) is 6.92 Å². The Balaban J connectivity index is 2.07. The zero-order valence-corrected chi connectivity index (χ0v) is 10.9. The minimum atomic E-state index is -0.634. The molecule has 0 atom stereocenters. The van der Waals surface area contributed by atoms with Crippen molar-refractivity contribution >= 4 is 0 Å². The van der Waals surface area contributed by atoms with Crippen LogP contribution in [0.15, 0.2) is 48.5 Å². The van der Waals surface area contributed by atoms with E-state index in [1.165, 1.54) is 12.1 Å². The lowest BCUT2D eigenvalue weighted by atomic mass is 10.1. The zero-order chi connectivity index (χ0) is 14.1. The highest BCUT2D eigenvalue weighted by Gasteiger charge is 2.12. The monoisotopic (exact) mass is 268 g/mol. The van der Waals surface area contributed by atoms with E-state index in [0.29, 0.717) is 11.3 Å². The number of hydrogen-bond donors (Lipinski definition) is 2. The fourth-order valence-corrected chi connectivity index (χ4v) is 2.13. The first kappa shape index (κ1) is 12.4. The zero-order valence-electron chi connectivity index (χ0n) is 10.9. The maximum absolute atomic E-state index is 13.1. The van der Waals surface area contributed by atoms with Crippen LogP contribution in [-0.4, -0.2) is 15.1 Å². The molecule has 3 rings (SSSR count). The topological polar surface area (TPSA) is 48.9 Å². The van der Waals surface area contributed by atoms with Crippen molar-refractivity contribution < 1.29 is 9.50 Å². The van der Waals surface area contributed by atoms with Gasteiger partial charge in [-0.1, -0.05) is 30.3 Å². The smallest absolute Gasteiger partial charge is 0.164 e. The Morgan fingerprint density at radius 1 is 1.05 bits per heavy atom. The van der Waals surface area contributed by atoms with E-state index in [9.17, 15) is 9.50 Å². The van der Waals surface area contributed by atoms with Crippen molar-refractivity contribution in [1.82, 2.24) is 9.97 Å². The highest BCUT2D eigenvalue weighted by Crippen LogP contribution is 2.28. The molecule has 3 aromatic rings. The summed E-state index contributed by atoms with van der Waals surface area (Å²) < 4.78 is 13.1. The molecule has 2 N–H and O–H groups in total. The molecule has 0 spiro atoms. The summed E-state index contributed by atoms with van der Waals surface area (Å²) in [5, 5.41) is 9.46. The lowest BCUT2D eigenvalue weighted by molar-refractivity contribution is 0.432. The third-order valence-electron chi connectivity index (χ3n) is 3.15. The van der Waals surface area contributed by atoms with Gasteiger partial charge in [0.25, 0.3) is 0 Å². The van der Waals surface area contributed by atoms with E-state index >= 15 is 0 Å². The maximum atomic E-state index is 13.1. The van der Waals surface area contributed by atoms with Crippen LogP contribution >= 0.6 is 0 Å². The van der Waals surface area contributed by atoms with Crippen molar-refractivity contribution in [3.8, 4) is 28.4 Å². The van der Waals surface area contributed by atoms with Gasteiger partial charge in [-0.05, 0) is 25.1 Å². The number of nitrogens with zero attached hydrogens (tertiary/aromatic N) is 1. The van der Waals surface area contributed by atoms with E-state index < -0.39 is 5.82 Å². The molecule has 0 bridgehead atoms. The van der Waals surface area contributed by atoms with Gasteiger partial charge in [-0.2, -0.15) is 0 Å². The van der Waals surface area contributed by atoms with Crippen molar-refractivity contribution in [3.05, 3.63) is 60.0 Å². The second-order valence-electron chi connectivity index (χ2n) is 4.59. The van der Waals surface area contributed by atoms with Crippen LogP contribution in [0.25, 0.3) is 22.6 Å². The molecular formula is C16H13FN2O. The second kappa shape index (κ2) is 4.81. The summed E-state index contributed by atoms with van der Waals surface area (Å²) in [5.74, 6) is -0.252. The highest BCUT2D eigenvalue weighted by atomic mass is 19.1. The standard InChI is InChI=1S/C16H13FN2O/c1-10-15(12-7-8-13(17)14(20)9-12)19-16(18-10)11-5-3-2-4-6-11/h2-9,20H,1H3,(H,18,19). The molecule has 20 heavy (non-hydrogen) atoms. The van der Waals surface area contributed by atoms with E-state index in [1.54, 1.807) is 6.07 Å². The Morgan fingerprint density at radius 3 is 2.50 bits per heavy atom. The number of hydrogen-bond acceptors (Lipinski definition) is 2. The van der Waals surface area contributed by atoms with Gasteiger partial charge < -0.3 is 10.1 Å². The number of phenols is 1. The first-order valence-electron chi connectivity index (χ1n) is 6.26. The van der Waals surface area contributed by atoms with E-state index in [0.717, 1.165) is 17.1 Å². The minimum Gasteiger partial charge on any atom is -0.505 e. The quantitative estimate of drug-likeness (QED) is 0.740. The van der Waals surface area contributed by atoms with Gasteiger partial charge in [0, 0.05) is 16.8 Å². The molecule has 0 amide bonds. The van der Waals surface area contributed by atoms with Crippen LogP contribution < -0.4 is 0 Å². The molecule has 3 nitrogen and oxygen atoms in total.